The van der Waals surface area contributed by atoms with Crippen molar-refractivity contribution < 1.29 is 17.9 Å². The van der Waals surface area contributed by atoms with E-state index in [4.69, 9.17) is 4.74 Å². The zero-order valence-electron chi connectivity index (χ0n) is 16.9. The number of benzene rings is 2. The lowest BCUT2D eigenvalue weighted by Crippen LogP contribution is -2.40. The Balaban J connectivity index is 1.41. The van der Waals surface area contributed by atoms with Gasteiger partial charge in [0.2, 0.25) is 5.91 Å². The van der Waals surface area contributed by atoms with E-state index in [0.717, 1.165) is 38.1 Å². The summed E-state index contributed by atoms with van der Waals surface area (Å²) in [6.07, 6.45) is 2.21. The standard InChI is InChI=1S/C23H29NO4S/c1-2-29(26,27)22-10-8-19(9-11-22)16-23(25)24-14-12-21(13-15-24)18-28-17-20-6-4-3-5-7-20/h3-11,21H,2,12-18H2,1H3. The first-order chi connectivity index (χ1) is 14.0. The van der Waals surface area contributed by atoms with Crippen molar-refractivity contribution >= 4 is 15.7 Å². The van der Waals surface area contributed by atoms with E-state index in [-0.39, 0.29) is 11.7 Å². The molecule has 0 radical (unpaired) electrons. The molecule has 1 fully saturated rings. The summed E-state index contributed by atoms with van der Waals surface area (Å²) in [6, 6.07) is 16.8. The maximum absolute atomic E-state index is 12.6. The molecule has 5 nitrogen and oxygen atoms in total. The van der Waals surface area contributed by atoms with Gasteiger partial charge in [0, 0.05) is 19.7 Å². The van der Waals surface area contributed by atoms with Crippen molar-refractivity contribution in [1.29, 1.82) is 0 Å². The maximum Gasteiger partial charge on any atom is 0.226 e. The van der Waals surface area contributed by atoms with Gasteiger partial charge < -0.3 is 9.64 Å². The minimum absolute atomic E-state index is 0.0787. The van der Waals surface area contributed by atoms with Crippen LogP contribution < -0.4 is 0 Å². The molecule has 0 bridgehead atoms. The fraction of sp³-hybridized carbons (Fsp3) is 0.435. The van der Waals surface area contributed by atoms with Crippen LogP contribution in [0.2, 0.25) is 0 Å². The van der Waals surface area contributed by atoms with E-state index < -0.39 is 9.84 Å². The summed E-state index contributed by atoms with van der Waals surface area (Å²) in [6.45, 7) is 4.48. The number of carbonyl (C=O) groups is 1. The van der Waals surface area contributed by atoms with E-state index in [0.29, 0.717) is 23.8 Å². The molecule has 1 heterocycles. The van der Waals surface area contributed by atoms with Gasteiger partial charge in [0.15, 0.2) is 9.84 Å². The number of amides is 1. The molecule has 0 aromatic heterocycles. The lowest BCUT2D eigenvalue weighted by atomic mass is 9.97. The molecular formula is C23H29NO4S. The third-order valence-corrected chi connectivity index (χ3v) is 7.20. The van der Waals surface area contributed by atoms with E-state index in [2.05, 4.69) is 12.1 Å². The number of piperidine rings is 1. The van der Waals surface area contributed by atoms with E-state index in [1.807, 2.05) is 23.1 Å². The van der Waals surface area contributed by atoms with E-state index in [9.17, 15) is 13.2 Å². The highest BCUT2D eigenvalue weighted by atomic mass is 32.2. The molecule has 1 amide bonds. The highest BCUT2D eigenvalue weighted by Gasteiger charge is 2.23. The van der Waals surface area contributed by atoms with Crippen molar-refractivity contribution in [2.45, 2.75) is 37.7 Å². The van der Waals surface area contributed by atoms with Crippen LogP contribution in [0, 0.1) is 5.92 Å². The zero-order valence-corrected chi connectivity index (χ0v) is 17.7. The second kappa shape index (κ2) is 10.0. The van der Waals surface area contributed by atoms with Gasteiger partial charge in [-0.15, -0.1) is 0 Å². The van der Waals surface area contributed by atoms with Crippen LogP contribution in [0.1, 0.15) is 30.9 Å². The summed E-state index contributed by atoms with van der Waals surface area (Å²) in [5.74, 6) is 0.663. The summed E-state index contributed by atoms with van der Waals surface area (Å²) in [5.41, 5.74) is 2.02. The minimum Gasteiger partial charge on any atom is -0.376 e. The summed E-state index contributed by atoms with van der Waals surface area (Å²) in [4.78, 5) is 14.8. The highest BCUT2D eigenvalue weighted by Crippen LogP contribution is 2.20. The number of likely N-dealkylation sites (tertiary alicyclic amines) is 1. The van der Waals surface area contributed by atoms with Gasteiger partial charge in [-0.3, -0.25) is 4.79 Å². The fourth-order valence-electron chi connectivity index (χ4n) is 3.53. The number of carbonyl (C=O) groups excluding carboxylic acids is 1. The van der Waals surface area contributed by atoms with Crippen LogP contribution in [0.3, 0.4) is 0 Å². The fourth-order valence-corrected chi connectivity index (χ4v) is 4.42. The Morgan fingerprint density at radius 2 is 1.66 bits per heavy atom. The third kappa shape index (κ3) is 6.15. The predicted molar refractivity (Wildman–Crippen MR) is 113 cm³/mol. The lowest BCUT2D eigenvalue weighted by molar-refractivity contribution is -0.132. The van der Waals surface area contributed by atoms with Crippen LogP contribution in [-0.2, 0) is 32.4 Å². The molecule has 1 aliphatic rings. The molecule has 6 heteroatoms. The molecule has 2 aromatic carbocycles. The Morgan fingerprint density at radius 1 is 1.00 bits per heavy atom. The Hall–Kier alpha value is -2.18. The molecule has 3 rings (SSSR count). The second-order valence-corrected chi connectivity index (χ2v) is 9.83. The Morgan fingerprint density at radius 3 is 2.28 bits per heavy atom. The van der Waals surface area contributed by atoms with Crippen molar-refractivity contribution in [3.05, 3.63) is 65.7 Å². The molecule has 0 atom stereocenters. The van der Waals surface area contributed by atoms with Gasteiger partial charge in [-0.25, -0.2) is 8.42 Å². The first-order valence-electron chi connectivity index (χ1n) is 10.2. The van der Waals surface area contributed by atoms with Crippen LogP contribution in [0.5, 0.6) is 0 Å². The number of ether oxygens (including phenoxy) is 1. The normalized spacial score (nSPS) is 15.4. The highest BCUT2D eigenvalue weighted by molar-refractivity contribution is 7.91. The van der Waals surface area contributed by atoms with E-state index >= 15 is 0 Å². The van der Waals surface area contributed by atoms with Gasteiger partial charge >= 0.3 is 0 Å². The first kappa shape index (κ1) is 21.5. The van der Waals surface area contributed by atoms with Crippen molar-refractivity contribution in [1.82, 2.24) is 4.90 Å². The molecule has 2 aromatic rings. The number of rotatable bonds is 8. The van der Waals surface area contributed by atoms with Crippen molar-refractivity contribution in [2.24, 2.45) is 5.92 Å². The maximum atomic E-state index is 12.6. The number of hydrogen-bond donors (Lipinski definition) is 0. The zero-order chi connectivity index (χ0) is 20.7. The SMILES string of the molecule is CCS(=O)(=O)c1ccc(CC(=O)N2CCC(COCc3ccccc3)CC2)cc1. The third-order valence-electron chi connectivity index (χ3n) is 5.45. The first-order valence-corrected chi connectivity index (χ1v) is 11.8. The summed E-state index contributed by atoms with van der Waals surface area (Å²) >= 11 is 0. The minimum atomic E-state index is -3.20. The molecule has 1 saturated heterocycles. The molecule has 1 aliphatic heterocycles. The molecule has 0 N–H and O–H groups in total. The smallest absolute Gasteiger partial charge is 0.226 e. The molecule has 0 aliphatic carbocycles. The van der Waals surface area contributed by atoms with Crippen molar-refractivity contribution in [2.75, 3.05) is 25.4 Å². The summed E-state index contributed by atoms with van der Waals surface area (Å²) < 4.78 is 29.6. The van der Waals surface area contributed by atoms with Crippen LogP contribution in [-0.4, -0.2) is 44.7 Å². The predicted octanol–water partition coefficient (Wildman–Crippen LogP) is 3.48. The summed E-state index contributed by atoms with van der Waals surface area (Å²) in [5, 5.41) is 0. The molecule has 0 unspecified atom stereocenters. The van der Waals surface area contributed by atoms with Crippen LogP contribution in [0.25, 0.3) is 0 Å². The topological polar surface area (TPSA) is 63.7 Å². The molecular weight excluding hydrogens is 386 g/mol. The summed E-state index contributed by atoms with van der Waals surface area (Å²) in [7, 11) is -3.20. The van der Waals surface area contributed by atoms with Gasteiger partial charge in [0.05, 0.1) is 23.7 Å². The van der Waals surface area contributed by atoms with E-state index in [1.54, 1.807) is 31.2 Å². The monoisotopic (exact) mass is 415 g/mol. The second-order valence-electron chi connectivity index (χ2n) is 7.55. The van der Waals surface area contributed by atoms with Gasteiger partial charge in [-0.05, 0) is 42.0 Å². The van der Waals surface area contributed by atoms with Crippen LogP contribution in [0.15, 0.2) is 59.5 Å². The molecule has 156 valence electrons. The number of nitrogens with zero attached hydrogens (tertiary/aromatic N) is 1. The van der Waals surface area contributed by atoms with Crippen LogP contribution >= 0.6 is 0 Å². The van der Waals surface area contributed by atoms with Crippen molar-refractivity contribution in [3.8, 4) is 0 Å². The van der Waals surface area contributed by atoms with E-state index in [1.165, 1.54) is 5.56 Å². The molecule has 0 spiro atoms. The molecule has 0 saturated carbocycles. The number of hydrogen-bond acceptors (Lipinski definition) is 4. The van der Waals surface area contributed by atoms with Gasteiger partial charge in [-0.2, -0.15) is 0 Å². The molecule has 29 heavy (non-hydrogen) atoms. The Bertz CT molecular complexity index is 886. The van der Waals surface area contributed by atoms with Gasteiger partial charge in [-0.1, -0.05) is 49.4 Å². The van der Waals surface area contributed by atoms with Crippen LogP contribution in [0.4, 0.5) is 0 Å². The van der Waals surface area contributed by atoms with Gasteiger partial charge in [0.25, 0.3) is 0 Å². The quantitative estimate of drug-likeness (QED) is 0.662. The Kier molecular flexibility index (Phi) is 7.45. The number of sulfone groups is 1. The largest absolute Gasteiger partial charge is 0.376 e. The average Bonchev–Trinajstić information content (AvgIpc) is 2.75. The average molecular weight is 416 g/mol. The Labute approximate surface area is 173 Å². The van der Waals surface area contributed by atoms with Gasteiger partial charge in [0.1, 0.15) is 0 Å². The van der Waals surface area contributed by atoms with Crippen molar-refractivity contribution in [3.63, 3.8) is 0 Å². The lowest BCUT2D eigenvalue weighted by Gasteiger charge is -2.32.